The Hall–Kier alpha value is -0.157. The molecule has 0 radical (unpaired) electrons. The van der Waals surface area contributed by atoms with Crippen molar-refractivity contribution in [1.29, 1.82) is 0 Å². The topological polar surface area (TPSA) is 0 Å². The van der Waals surface area contributed by atoms with Crippen molar-refractivity contribution < 1.29 is 26.2 Å². The summed E-state index contributed by atoms with van der Waals surface area (Å²) in [5, 5.41) is 0. The maximum Gasteiger partial charge on any atom is 2.00 e. The first-order valence-corrected chi connectivity index (χ1v) is 9.85. The van der Waals surface area contributed by atoms with Gasteiger partial charge in [0, 0.05) is 0 Å². The molecule has 0 nitrogen and oxygen atoms in total. The molecular formula is C24H40Zr. The molecule has 0 heterocycles. The summed E-state index contributed by atoms with van der Waals surface area (Å²) < 4.78 is 0. The molecule has 0 saturated heterocycles. The molecule has 1 heteroatoms. The van der Waals surface area contributed by atoms with Gasteiger partial charge >= 0.3 is 26.2 Å². The minimum Gasteiger partial charge on any atom is -0.269 e. The smallest absolute Gasteiger partial charge is 0.269 e. The van der Waals surface area contributed by atoms with Crippen molar-refractivity contribution >= 4 is 0 Å². The molecule has 0 N–H and O–H groups in total. The molecule has 2 aliphatic rings. The van der Waals surface area contributed by atoms with E-state index in [1.807, 2.05) is 0 Å². The van der Waals surface area contributed by atoms with Crippen LogP contribution < -0.4 is 0 Å². The Kier molecular flexibility index (Phi) is 17.4. The minimum atomic E-state index is 0. The van der Waals surface area contributed by atoms with Crippen LogP contribution in [-0.4, -0.2) is 0 Å². The van der Waals surface area contributed by atoms with Gasteiger partial charge in [-0.25, -0.2) is 11.1 Å². The largest absolute Gasteiger partial charge is 2.00 e. The van der Waals surface area contributed by atoms with Crippen LogP contribution in [0, 0.1) is 24.0 Å². The zero-order chi connectivity index (χ0) is 18.5. The zero-order valence-corrected chi connectivity index (χ0v) is 20.5. The molecule has 2 aliphatic carbocycles. The normalized spacial score (nSPS) is 15.3. The molecule has 0 aliphatic heterocycles. The fourth-order valence-corrected chi connectivity index (χ4v) is 2.54. The summed E-state index contributed by atoms with van der Waals surface area (Å²) >= 11 is 0. The van der Waals surface area contributed by atoms with E-state index >= 15 is 0 Å². The maximum atomic E-state index is 3.30. The van der Waals surface area contributed by atoms with E-state index in [9.17, 15) is 0 Å². The maximum absolute atomic E-state index is 3.30. The molecule has 0 aromatic rings. The van der Waals surface area contributed by atoms with E-state index in [4.69, 9.17) is 0 Å². The Labute approximate surface area is 178 Å². The molecule has 0 atom stereocenters. The van der Waals surface area contributed by atoms with Gasteiger partial charge in [0.05, 0.1) is 0 Å². The van der Waals surface area contributed by atoms with Crippen LogP contribution in [-0.2, 0) is 26.2 Å². The SMILES string of the molecule is CC1=[C-]CC=C1CC(C)C.CC1=[C-]CC=C1CC(C)C.CCCC.[Zr+2]. The standard InChI is InChI=1S/2C10H15.C4H10.Zr/c2*1-8(2)7-10-6-4-5-9(10)3;1-3-4-2;/h2*6,8H,4,7H2,1-3H3;3-4H2,1-2H3;/q2*-1;;+2. The van der Waals surface area contributed by atoms with Crippen LogP contribution >= 0.6 is 0 Å². The molecule has 0 amide bonds. The Morgan fingerprint density at radius 2 is 1.08 bits per heavy atom. The second kappa shape index (κ2) is 16.0. The molecule has 0 unspecified atom stereocenters. The zero-order valence-electron chi connectivity index (χ0n) is 18.1. The van der Waals surface area contributed by atoms with Gasteiger partial charge in [-0.05, 0) is 0 Å². The van der Waals surface area contributed by atoms with E-state index in [0.29, 0.717) is 0 Å². The van der Waals surface area contributed by atoms with Gasteiger partial charge in [-0.2, -0.15) is 23.3 Å². The number of hydrogen-bond donors (Lipinski definition) is 0. The summed E-state index contributed by atoms with van der Waals surface area (Å²) in [4.78, 5) is 0. The summed E-state index contributed by atoms with van der Waals surface area (Å²) in [6, 6.07) is 0. The Morgan fingerprint density at radius 1 is 0.760 bits per heavy atom. The van der Waals surface area contributed by atoms with Gasteiger partial charge in [-0.3, -0.25) is 12.2 Å². The van der Waals surface area contributed by atoms with Gasteiger partial charge < -0.3 is 0 Å². The second-order valence-electron chi connectivity index (χ2n) is 7.67. The predicted molar refractivity (Wildman–Crippen MR) is 110 cm³/mol. The summed E-state index contributed by atoms with van der Waals surface area (Å²) in [7, 11) is 0. The van der Waals surface area contributed by atoms with Crippen LogP contribution in [0.3, 0.4) is 0 Å². The van der Waals surface area contributed by atoms with Crippen molar-refractivity contribution in [3.05, 3.63) is 46.6 Å². The predicted octanol–water partition coefficient (Wildman–Crippen LogP) is 8.03. The van der Waals surface area contributed by atoms with Gasteiger partial charge in [-0.1, -0.05) is 92.9 Å². The van der Waals surface area contributed by atoms with E-state index in [1.54, 1.807) is 0 Å². The third-order valence-electron chi connectivity index (χ3n) is 4.15. The van der Waals surface area contributed by atoms with Gasteiger partial charge in [-0.15, -0.1) is 12.8 Å². The fraction of sp³-hybridized carbons (Fsp3) is 0.667. The van der Waals surface area contributed by atoms with Gasteiger partial charge in [0.1, 0.15) is 0 Å². The first-order valence-electron chi connectivity index (χ1n) is 9.85. The van der Waals surface area contributed by atoms with Crippen molar-refractivity contribution in [3.63, 3.8) is 0 Å². The minimum absolute atomic E-state index is 0. The summed E-state index contributed by atoms with van der Waals surface area (Å²) in [5.74, 6) is 1.56. The van der Waals surface area contributed by atoms with Crippen molar-refractivity contribution in [3.8, 4) is 0 Å². The van der Waals surface area contributed by atoms with Crippen LogP contribution in [0.1, 0.15) is 93.9 Å². The third kappa shape index (κ3) is 13.7. The van der Waals surface area contributed by atoms with E-state index in [0.717, 1.165) is 24.7 Å². The molecule has 0 aromatic carbocycles. The van der Waals surface area contributed by atoms with Crippen LogP contribution in [0.15, 0.2) is 34.4 Å². The first kappa shape index (κ1) is 27.1. The van der Waals surface area contributed by atoms with E-state index < -0.39 is 0 Å². The molecule has 0 fully saturated rings. The molecule has 140 valence electrons. The Bertz CT molecular complexity index is 414. The monoisotopic (exact) mass is 418 g/mol. The molecular weight excluding hydrogens is 379 g/mol. The number of unbranched alkanes of at least 4 members (excludes halogenated alkanes) is 1. The quantitative estimate of drug-likeness (QED) is 0.396. The van der Waals surface area contributed by atoms with E-state index in [2.05, 4.69) is 79.7 Å². The molecule has 2 rings (SSSR count). The number of allylic oxidation sites excluding steroid dienone is 8. The van der Waals surface area contributed by atoms with Gasteiger partial charge in [0.25, 0.3) is 0 Å². The van der Waals surface area contributed by atoms with E-state index in [-0.39, 0.29) is 26.2 Å². The Balaban J connectivity index is 0. The first-order chi connectivity index (χ1) is 11.3. The van der Waals surface area contributed by atoms with Gasteiger partial charge in [0.2, 0.25) is 0 Å². The third-order valence-corrected chi connectivity index (χ3v) is 4.15. The number of hydrogen-bond acceptors (Lipinski definition) is 0. The van der Waals surface area contributed by atoms with Crippen LogP contribution in [0.25, 0.3) is 0 Å². The molecule has 0 saturated carbocycles. The molecule has 0 bridgehead atoms. The number of rotatable bonds is 5. The summed E-state index contributed by atoms with van der Waals surface area (Å²) in [5.41, 5.74) is 5.76. The second-order valence-corrected chi connectivity index (χ2v) is 7.67. The van der Waals surface area contributed by atoms with Crippen LogP contribution in [0.4, 0.5) is 0 Å². The summed E-state index contributed by atoms with van der Waals surface area (Å²) in [6.07, 6.45) is 18.3. The van der Waals surface area contributed by atoms with Crippen molar-refractivity contribution in [2.24, 2.45) is 11.8 Å². The van der Waals surface area contributed by atoms with Gasteiger partial charge in [0.15, 0.2) is 0 Å². The van der Waals surface area contributed by atoms with Crippen molar-refractivity contribution in [2.45, 2.75) is 93.9 Å². The van der Waals surface area contributed by atoms with Crippen molar-refractivity contribution in [2.75, 3.05) is 0 Å². The molecule has 0 aromatic heterocycles. The average Bonchev–Trinajstić information content (AvgIpc) is 3.09. The molecule has 0 spiro atoms. The summed E-state index contributed by atoms with van der Waals surface area (Å²) in [6.45, 7) is 17.7. The van der Waals surface area contributed by atoms with Crippen LogP contribution in [0.5, 0.6) is 0 Å². The Morgan fingerprint density at radius 3 is 1.24 bits per heavy atom. The van der Waals surface area contributed by atoms with Crippen LogP contribution in [0.2, 0.25) is 0 Å². The van der Waals surface area contributed by atoms with E-state index in [1.165, 1.54) is 48.0 Å². The fourth-order valence-electron chi connectivity index (χ4n) is 2.54. The van der Waals surface area contributed by atoms with Crippen molar-refractivity contribution in [1.82, 2.24) is 0 Å². The average molecular weight is 420 g/mol. The molecule has 25 heavy (non-hydrogen) atoms.